The Morgan fingerprint density at radius 1 is 1.33 bits per heavy atom. The van der Waals surface area contributed by atoms with Gasteiger partial charge < -0.3 is 0 Å². The van der Waals surface area contributed by atoms with Gasteiger partial charge in [-0.3, -0.25) is 0 Å². The van der Waals surface area contributed by atoms with Gasteiger partial charge in [0.25, 0.3) is 0 Å². The second-order valence-electron chi connectivity index (χ2n) is 1.60. The maximum absolute atomic E-state index is 5.01. The second-order valence-corrected chi connectivity index (χ2v) is 2.44. The van der Waals surface area contributed by atoms with Crippen LogP contribution in [0.2, 0.25) is 0 Å². The minimum absolute atomic E-state index is 0.889. The van der Waals surface area contributed by atoms with Gasteiger partial charge in [0.1, 0.15) is 0 Å². The van der Waals surface area contributed by atoms with E-state index in [4.69, 9.17) is 4.74 Å². The predicted molar refractivity (Wildman–Crippen MR) is 32.6 cm³/mol. The van der Waals surface area contributed by atoms with Crippen molar-refractivity contribution in [1.82, 2.24) is 0 Å². The molecule has 0 amide bonds. The monoisotopic (exact) mass is 213 g/mol. The van der Waals surface area contributed by atoms with Crippen LogP contribution in [0.3, 0.4) is 0 Å². The zero-order valence-electron chi connectivity index (χ0n) is 5.03. The van der Waals surface area contributed by atoms with Crippen molar-refractivity contribution in [1.29, 1.82) is 0 Å². The van der Waals surface area contributed by atoms with Crippen LogP contribution in [0.4, 0.5) is 0 Å². The van der Waals surface area contributed by atoms with Crippen molar-refractivity contribution in [2.24, 2.45) is 0 Å². The van der Waals surface area contributed by atoms with Crippen LogP contribution in [0, 0.1) is 0 Å². The Labute approximate surface area is 65.4 Å². The zero-order valence-corrected chi connectivity index (χ0v) is 6.59. The van der Waals surface area contributed by atoms with Crippen LogP contribution in [0.5, 0.6) is 5.75 Å². The van der Waals surface area contributed by atoms with Crippen molar-refractivity contribution in [2.75, 3.05) is 7.11 Å². The molecule has 1 aromatic rings. The van der Waals surface area contributed by atoms with E-state index >= 15 is 0 Å². The molecule has 0 N–H and O–H groups in total. The molecule has 2 heteroatoms. The van der Waals surface area contributed by atoms with Crippen LogP contribution in [-0.4, -0.2) is 7.11 Å². The molecular weight excluding hydrogens is 206 g/mol. The average molecular weight is 214 g/mol. The van der Waals surface area contributed by atoms with Crippen LogP contribution >= 0.6 is 0 Å². The number of hydrogen-bond acceptors (Lipinski definition) is 1. The first-order chi connectivity index (χ1) is 4.34. The summed E-state index contributed by atoms with van der Waals surface area (Å²) in [6, 6.07) is 7.78. The summed E-state index contributed by atoms with van der Waals surface area (Å²) in [7, 11) is 1.66. The fraction of sp³-hybridized carbons (Fsp3) is 0.143. The Bertz CT molecular complexity index is 198. The summed E-state index contributed by atoms with van der Waals surface area (Å²) in [5, 5.41) is 0. The van der Waals surface area contributed by atoms with Crippen LogP contribution in [0.25, 0.3) is 0 Å². The van der Waals surface area contributed by atoms with Gasteiger partial charge in [0.2, 0.25) is 0 Å². The molecule has 0 fully saturated rings. The van der Waals surface area contributed by atoms with Gasteiger partial charge in [-0.15, -0.1) is 0 Å². The van der Waals surface area contributed by atoms with E-state index in [9.17, 15) is 0 Å². The molecule has 0 aromatic heterocycles. The molecule has 0 atom stereocenters. The molecule has 1 nitrogen and oxygen atoms in total. The third-order valence-corrected chi connectivity index (χ3v) is 1.67. The Kier molecular flexibility index (Phi) is 2.27. The standard InChI is InChI=1S/C7H7O.Pd/c1-8-7-5-3-2-4-6-7;/h2-5H,1H3;. The van der Waals surface area contributed by atoms with E-state index in [2.05, 4.69) is 19.2 Å². The molecule has 51 valence electrons. The fourth-order valence-corrected chi connectivity index (χ4v) is 1.03. The Hall–Kier alpha value is -0.318. The normalized spacial score (nSPS) is 9.22. The molecule has 0 aliphatic heterocycles. The molecule has 1 aromatic carbocycles. The molecule has 0 saturated carbocycles. The van der Waals surface area contributed by atoms with E-state index in [1.54, 1.807) is 7.11 Å². The Morgan fingerprint density at radius 2 is 2.00 bits per heavy atom. The molecule has 0 unspecified atom stereocenters. The topological polar surface area (TPSA) is 9.23 Å². The van der Waals surface area contributed by atoms with Gasteiger partial charge in [-0.25, -0.2) is 0 Å². The SMILES string of the molecule is COc1cccc[c]1[Pd]. The fourth-order valence-electron chi connectivity index (χ4n) is 0.593. The van der Waals surface area contributed by atoms with E-state index in [0.29, 0.717) is 0 Å². The molecule has 0 radical (unpaired) electrons. The molecule has 0 bridgehead atoms. The number of benzene rings is 1. The maximum atomic E-state index is 5.01. The van der Waals surface area contributed by atoms with Gasteiger partial charge in [0.05, 0.1) is 0 Å². The number of para-hydroxylation sites is 1. The third kappa shape index (κ3) is 1.54. The van der Waals surface area contributed by atoms with Crippen molar-refractivity contribution in [3.63, 3.8) is 0 Å². The summed E-state index contributed by atoms with van der Waals surface area (Å²) in [5.41, 5.74) is 0. The van der Waals surface area contributed by atoms with Crippen molar-refractivity contribution in [2.45, 2.75) is 0 Å². The molecule has 0 spiro atoms. The molecule has 0 heterocycles. The average Bonchev–Trinajstić information content (AvgIpc) is 1.89. The van der Waals surface area contributed by atoms with Gasteiger partial charge in [-0.05, 0) is 0 Å². The number of ether oxygens (including phenoxy) is 1. The minimum atomic E-state index is 0.889. The first-order valence-electron chi connectivity index (χ1n) is 2.60. The van der Waals surface area contributed by atoms with Crippen LogP contribution in [-0.2, 0) is 19.2 Å². The van der Waals surface area contributed by atoms with E-state index in [0.717, 1.165) is 9.79 Å². The predicted octanol–water partition coefficient (Wildman–Crippen LogP) is 0.867. The number of methoxy groups -OCH3 is 1. The quantitative estimate of drug-likeness (QED) is 0.629. The summed E-state index contributed by atoms with van der Waals surface area (Å²) in [6.45, 7) is 0. The first kappa shape index (κ1) is 6.80. The van der Waals surface area contributed by atoms with Crippen molar-refractivity contribution >= 4 is 4.04 Å². The van der Waals surface area contributed by atoms with Gasteiger partial charge in [0, 0.05) is 0 Å². The van der Waals surface area contributed by atoms with Crippen LogP contribution in [0.15, 0.2) is 24.3 Å². The van der Waals surface area contributed by atoms with Gasteiger partial charge in [-0.1, -0.05) is 0 Å². The van der Waals surface area contributed by atoms with Gasteiger partial charge in [-0.2, -0.15) is 0 Å². The number of rotatable bonds is 1. The summed E-state index contributed by atoms with van der Waals surface area (Å²) >= 11 is 3.07. The van der Waals surface area contributed by atoms with Gasteiger partial charge >= 0.3 is 65.1 Å². The molecule has 0 aliphatic carbocycles. The molecule has 9 heavy (non-hydrogen) atoms. The van der Waals surface area contributed by atoms with Crippen LogP contribution < -0.4 is 8.77 Å². The number of hydrogen-bond donors (Lipinski definition) is 0. The first-order valence-corrected chi connectivity index (χ1v) is 3.38. The van der Waals surface area contributed by atoms with Crippen molar-refractivity contribution < 1.29 is 23.9 Å². The Balaban J connectivity index is 3.01. The molecule has 0 aliphatic rings. The van der Waals surface area contributed by atoms with Crippen molar-refractivity contribution in [3.05, 3.63) is 24.3 Å². The third-order valence-electron chi connectivity index (χ3n) is 1.03. The van der Waals surface area contributed by atoms with E-state index in [-0.39, 0.29) is 0 Å². The summed E-state index contributed by atoms with van der Waals surface area (Å²) < 4.78 is 6.04. The molecule has 1 rings (SSSR count). The van der Waals surface area contributed by atoms with E-state index < -0.39 is 0 Å². The zero-order chi connectivity index (χ0) is 6.69. The summed E-state index contributed by atoms with van der Waals surface area (Å²) in [6.07, 6.45) is 0. The summed E-state index contributed by atoms with van der Waals surface area (Å²) in [5.74, 6) is 0.889. The van der Waals surface area contributed by atoms with Crippen molar-refractivity contribution in [3.8, 4) is 5.75 Å². The van der Waals surface area contributed by atoms with E-state index in [1.165, 1.54) is 0 Å². The van der Waals surface area contributed by atoms with E-state index in [1.807, 2.05) is 24.3 Å². The second kappa shape index (κ2) is 3.01. The molecular formula is C7H7OPd. The van der Waals surface area contributed by atoms with Crippen LogP contribution in [0.1, 0.15) is 0 Å². The van der Waals surface area contributed by atoms with Gasteiger partial charge in [0.15, 0.2) is 0 Å². The Morgan fingerprint density at radius 3 is 2.44 bits per heavy atom. The molecule has 0 saturated heterocycles. The summed E-state index contributed by atoms with van der Waals surface area (Å²) in [4.78, 5) is 0.